The van der Waals surface area contributed by atoms with Gasteiger partial charge in [0.05, 0.1) is 5.39 Å². The average Bonchev–Trinajstić information content (AvgIpc) is 2.47. The Balaban J connectivity index is 2.39. The van der Waals surface area contributed by atoms with Gasteiger partial charge in [-0.2, -0.15) is 0 Å². The lowest BCUT2D eigenvalue weighted by atomic mass is 10.1. The standard InChI is InChI=1S/C15H8ClN3/c1-17-15-18-13-8-7-11(16)9-12(13)14(19-15)10-5-3-2-4-6-10/h2-9H. The van der Waals surface area contributed by atoms with Crippen LogP contribution < -0.4 is 0 Å². The smallest absolute Gasteiger partial charge is 0.372 e. The van der Waals surface area contributed by atoms with Gasteiger partial charge in [-0.05, 0) is 18.2 Å². The van der Waals surface area contributed by atoms with E-state index in [1.54, 1.807) is 12.1 Å². The van der Waals surface area contributed by atoms with Crippen molar-refractivity contribution in [3.8, 4) is 11.3 Å². The van der Waals surface area contributed by atoms with Crippen molar-refractivity contribution < 1.29 is 0 Å². The Morgan fingerprint density at radius 1 is 1.00 bits per heavy atom. The molecule has 0 amide bonds. The molecule has 1 heterocycles. The molecule has 90 valence electrons. The molecule has 19 heavy (non-hydrogen) atoms. The largest absolute Gasteiger partial charge is 0.394 e. The average molecular weight is 266 g/mol. The lowest BCUT2D eigenvalue weighted by Crippen LogP contribution is -1.90. The van der Waals surface area contributed by atoms with Gasteiger partial charge in [0.25, 0.3) is 0 Å². The number of rotatable bonds is 1. The molecule has 2 aromatic carbocycles. The molecule has 1 aromatic heterocycles. The van der Waals surface area contributed by atoms with E-state index >= 15 is 0 Å². The zero-order valence-electron chi connectivity index (χ0n) is 9.84. The van der Waals surface area contributed by atoms with Crippen LogP contribution in [0.3, 0.4) is 0 Å². The third-order valence-electron chi connectivity index (χ3n) is 2.79. The van der Waals surface area contributed by atoms with E-state index in [4.69, 9.17) is 18.2 Å². The Kier molecular flexibility index (Phi) is 2.86. The molecule has 0 aliphatic rings. The molecule has 0 spiro atoms. The topological polar surface area (TPSA) is 30.1 Å². The summed E-state index contributed by atoms with van der Waals surface area (Å²) in [7, 11) is 0. The van der Waals surface area contributed by atoms with Crippen LogP contribution in [-0.4, -0.2) is 9.97 Å². The van der Waals surface area contributed by atoms with Crippen LogP contribution in [0.4, 0.5) is 5.95 Å². The molecule has 0 atom stereocenters. The van der Waals surface area contributed by atoms with Crippen LogP contribution in [-0.2, 0) is 0 Å². The molecule has 4 heteroatoms. The summed E-state index contributed by atoms with van der Waals surface area (Å²) in [6.45, 7) is 7.09. The summed E-state index contributed by atoms with van der Waals surface area (Å²) < 4.78 is 0. The van der Waals surface area contributed by atoms with E-state index in [-0.39, 0.29) is 5.95 Å². The van der Waals surface area contributed by atoms with Gasteiger partial charge in [0.15, 0.2) is 0 Å². The number of halogens is 1. The van der Waals surface area contributed by atoms with Gasteiger partial charge < -0.3 is 4.85 Å². The van der Waals surface area contributed by atoms with Gasteiger partial charge in [0.1, 0.15) is 11.2 Å². The summed E-state index contributed by atoms with van der Waals surface area (Å²) >= 11 is 6.04. The Bertz CT molecular complexity index is 792. The van der Waals surface area contributed by atoms with E-state index in [1.165, 1.54) is 0 Å². The molecule has 0 unspecified atom stereocenters. The third kappa shape index (κ3) is 2.14. The molecule has 0 saturated heterocycles. The highest BCUT2D eigenvalue weighted by Gasteiger charge is 2.13. The van der Waals surface area contributed by atoms with Gasteiger partial charge in [0.2, 0.25) is 0 Å². The van der Waals surface area contributed by atoms with Crippen molar-refractivity contribution >= 4 is 28.5 Å². The van der Waals surface area contributed by atoms with E-state index in [2.05, 4.69) is 14.8 Å². The van der Waals surface area contributed by atoms with Crippen molar-refractivity contribution in [3.05, 3.63) is 65.0 Å². The van der Waals surface area contributed by atoms with Crippen LogP contribution >= 0.6 is 11.6 Å². The van der Waals surface area contributed by atoms with Crippen LogP contribution in [0.15, 0.2) is 48.5 Å². The first-order valence-corrected chi connectivity index (χ1v) is 6.06. The fourth-order valence-corrected chi connectivity index (χ4v) is 2.13. The van der Waals surface area contributed by atoms with Crippen molar-refractivity contribution in [3.63, 3.8) is 0 Å². The summed E-state index contributed by atoms with van der Waals surface area (Å²) in [4.78, 5) is 11.8. The molecule has 0 bridgehead atoms. The summed E-state index contributed by atoms with van der Waals surface area (Å²) in [6, 6.07) is 15.1. The molecular weight excluding hydrogens is 258 g/mol. The number of fused-ring (bicyclic) bond motifs is 1. The Morgan fingerprint density at radius 3 is 2.53 bits per heavy atom. The highest BCUT2D eigenvalue weighted by atomic mass is 35.5. The minimum Gasteiger partial charge on any atom is -0.394 e. The minimum absolute atomic E-state index is 0.147. The zero-order chi connectivity index (χ0) is 13.2. The van der Waals surface area contributed by atoms with Crippen LogP contribution in [0.25, 0.3) is 27.0 Å². The molecule has 0 saturated carbocycles. The quantitative estimate of drug-likeness (QED) is 0.606. The van der Waals surface area contributed by atoms with Gasteiger partial charge in [-0.25, -0.2) is 0 Å². The van der Waals surface area contributed by atoms with E-state index in [9.17, 15) is 0 Å². The fraction of sp³-hybridized carbons (Fsp3) is 0. The van der Waals surface area contributed by atoms with Crippen LogP contribution in [0.5, 0.6) is 0 Å². The SMILES string of the molecule is [C-]#[N+]c1nc(-c2ccccc2)c2cc(Cl)ccc2n1. The molecule has 0 aliphatic carbocycles. The van der Waals surface area contributed by atoms with E-state index in [1.807, 2.05) is 36.4 Å². The van der Waals surface area contributed by atoms with Gasteiger partial charge in [-0.1, -0.05) is 41.9 Å². The van der Waals surface area contributed by atoms with Crippen molar-refractivity contribution in [1.82, 2.24) is 9.97 Å². The second-order valence-electron chi connectivity index (χ2n) is 4.01. The lowest BCUT2D eigenvalue weighted by Gasteiger charge is -2.03. The van der Waals surface area contributed by atoms with Crippen molar-refractivity contribution in [2.45, 2.75) is 0 Å². The predicted molar refractivity (Wildman–Crippen MR) is 76.2 cm³/mol. The summed E-state index contributed by atoms with van der Waals surface area (Å²) in [6.07, 6.45) is 0. The van der Waals surface area contributed by atoms with Crippen molar-refractivity contribution in [2.75, 3.05) is 0 Å². The van der Waals surface area contributed by atoms with Crippen molar-refractivity contribution in [2.24, 2.45) is 0 Å². The molecule has 0 radical (unpaired) electrons. The van der Waals surface area contributed by atoms with E-state index in [0.717, 1.165) is 22.2 Å². The lowest BCUT2D eigenvalue weighted by molar-refractivity contribution is 1.26. The van der Waals surface area contributed by atoms with Gasteiger partial charge in [-0.15, -0.1) is 16.5 Å². The van der Waals surface area contributed by atoms with Gasteiger partial charge >= 0.3 is 5.95 Å². The molecule has 0 aliphatic heterocycles. The third-order valence-corrected chi connectivity index (χ3v) is 3.03. The molecule has 0 N–H and O–H groups in total. The van der Waals surface area contributed by atoms with E-state index in [0.29, 0.717) is 5.02 Å². The molecule has 3 aromatic rings. The fourth-order valence-electron chi connectivity index (χ4n) is 1.95. The number of aromatic nitrogens is 2. The predicted octanol–water partition coefficient (Wildman–Crippen LogP) is 4.50. The molecule has 0 fully saturated rings. The van der Waals surface area contributed by atoms with E-state index < -0.39 is 0 Å². The van der Waals surface area contributed by atoms with Crippen molar-refractivity contribution in [1.29, 1.82) is 0 Å². The number of nitrogens with zero attached hydrogens (tertiary/aromatic N) is 3. The zero-order valence-corrected chi connectivity index (χ0v) is 10.6. The number of hydrogen-bond donors (Lipinski definition) is 0. The Labute approximate surface area is 115 Å². The van der Waals surface area contributed by atoms with Gasteiger partial charge in [0, 0.05) is 10.6 Å². The van der Waals surface area contributed by atoms with Crippen LogP contribution in [0, 0.1) is 6.57 Å². The normalized spacial score (nSPS) is 10.3. The highest BCUT2D eigenvalue weighted by molar-refractivity contribution is 6.31. The number of benzene rings is 2. The first-order valence-electron chi connectivity index (χ1n) is 5.68. The summed E-state index contributed by atoms with van der Waals surface area (Å²) in [5, 5.41) is 1.48. The maximum Gasteiger partial charge on any atom is 0.372 e. The second-order valence-corrected chi connectivity index (χ2v) is 4.45. The maximum absolute atomic E-state index is 7.09. The highest BCUT2D eigenvalue weighted by Crippen LogP contribution is 2.29. The molecule has 3 rings (SSSR count). The summed E-state index contributed by atoms with van der Waals surface area (Å²) in [5.74, 6) is 0.147. The molecular formula is C15H8ClN3. The second kappa shape index (κ2) is 4.68. The molecule has 3 nitrogen and oxygen atoms in total. The van der Waals surface area contributed by atoms with Gasteiger partial charge in [-0.3, -0.25) is 0 Å². The first-order chi connectivity index (χ1) is 9.28. The Hall–Kier alpha value is -2.44. The number of hydrogen-bond acceptors (Lipinski definition) is 2. The monoisotopic (exact) mass is 265 g/mol. The minimum atomic E-state index is 0.147. The first kappa shape index (κ1) is 11.6. The van der Waals surface area contributed by atoms with Crippen LogP contribution in [0.2, 0.25) is 5.02 Å². The maximum atomic E-state index is 7.09. The van der Waals surface area contributed by atoms with Crippen LogP contribution in [0.1, 0.15) is 0 Å². The summed E-state index contributed by atoms with van der Waals surface area (Å²) in [5.41, 5.74) is 2.41. The Morgan fingerprint density at radius 2 is 1.79 bits per heavy atom.